The highest BCUT2D eigenvalue weighted by Gasteiger charge is 2.05. The molecule has 0 aliphatic rings. The van der Waals surface area contributed by atoms with Crippen LogP contribution in [0.15, 0.2) is 12.3 Å². The monoisotopic (exact) mass is 153 g/mol. The van der Waals surface area contributed by atoms with Crippen molar-refractivity contribution < 1.29 is 4.74 Å². The van der Waals surface area contributed by atoms with Gasteiger partial charge in [0.05, 0.1) is 0 Å². The highest BCUT2D eigenvalue weighted by Crippen LogP contribution is 2.10. The Morgan fingerprint density at radius 1 is 1.64 bits per heavy atom. The molecule has 11 heavy (non-hydrogen) atoms. The summed E-state index contributed by atoms with van der Waals surface area (Å²) in [5, 5.41) is 0. The molecule has 0 aliphatic heterocycles. The molecule has 0 saturated carbocycles. The smallest absolute Gasteiger partial charge is 0.159 e. The van der Waals surface area contributed by atoms with E-state index in [-0.39, 0.29) is 6.10 Å². The van der Waals surface area contributed by atoms with E-state index in [2.05, 4.69) is 9.97 Å². The molecule has 0 bridgehead atoms. The van der Waals surface area contributed by atoms with Crippen LogP contribution in [0.1, 0.15) is 18.9 Å². The van der Waals surface area contributed by atoms with Gasteiger partial charge in [0.1, 0.15) is 11.9 Å². The summed E-state index contributed by atoms with van der Waals surface area (Å²) in [7, 11) is 1.61. The fraction of sp³-hybridized carbons (Fsp3) is 0.429. The van der Waals surface area contributed by atoms with E-state index >= 15 is 0 Å². The molecule has 1 aromatic heterocycles. The van der Waals surface area contributed by atoms with E-state index < -0.39 is 0 Å². The van der Waals surface area contributed by atoms with Gasteiger partial charge >= 0.3 is 0 Å². The third kappa shape index (κ3) is 1.88. The van der Waals surface area contributed by atoms with E-state index in [1.807, 2.05) is 6.92 Å². The lowest BCUT2D eigenvalue weighted by molar-refractivity contribution is 0.112. The van der Waals surface area contributed by atoms with Gasteiger partial charge in [-0.15, -0.1) is 0 Å². The molecule has 4 heteroatoms. The molecule has 0 radical (unpaired) electrons. The van der Waals surface area contributed by atoms with Gasteiger partial charge in [0.2, 0.25) is 0 Å². The second-order valence-electron chi connectivity index (χ2n) is 2.22. The Morgan fingerprint density at radius 3 is 2.91 bits per heavy atom. The molecular formula is C7H11N3O. The number of hydrogen-bond donors (Lipinski definition) is 1. The zero-order valence-corrected chi connectivity index (χ0v) is 6.61. The molecule has 0 aromatic carbocycles. The van der Waals surface area contributed by atoms with Gasteiger partial charge in [0.15, 0.2) is 5.82 Å². The van der Waals surface area contributed by atoms with E-state index in [1.54, 1.807) is 19.4 Å². The van der Waals surface area contributed by atoms with E-state index in [9.17, 15) is 0 Å². The molecule has 0 spiro atoms. The zero-order valence-electron chi connectivity index (χ0n) is 6.61. The molecule has 1 heterocycles. The number of rotatable bonds is 2. The van der Waals surface area contributed by atoms with Gasteiger partial charge in [-0.3, -0.25) is 0 Å². The summed E-state index contributed by atoms with van der Waals surface area (Å²) in [6.45, 7) is 1.87. The predicted octanol–water partition coefficient (Wildman–Crippen LogP) is 0.766. The van der Waals surface area contributed by atoms with Crippen molar-refractivity contribution in [1.29, 1.82) is 0 Å². The standard InChI is InChI=1S/C7H11N3O/c1-5(11-2)7-9-4-3-6(8)10-7/h3-5H,1-2H3,(H2,8,9,10)/t5-/m1/s1. The highest BCUT2D eigenvalue weighted by molar-refractivity contribution is 5.25. The second kappa shape index (κ2) is 3.30. The normalized spacial score (nSPS) is 12.9. The van der Waals surface area contributed by atoms with Crippen molar-refractivity contribution in [3.05, 3.63) is 18.1 Å². The van der Waals surface area contributed by atoms with Crippen molar-refractivity contribution >= 4 is 5.82 Å². The lowest BCUT2D eigenvalue weighted by atomic mass is 10.4. The van der Waals surface area contributed by atoms with Gasteiger partial charge in [-0.25, -0.2) is 9.97 Å². The van der Waals surface area contributed by atoms with Gasteiger partial charge < -0.3 is 10.5 Å². The minimum atomic E-state index is -0.0986. The fourth-order valence-electron chi connectivity index (χ4n) is 0.690. The van der Waals surface area contributed by atoms with Gasteiger partial charge in [0, 0.05) is 13.3 Å². The van der Waals surface area contributed by atoms with Gasteiger partial charge in [-0.05, 0) is 13.0 Å². The Bertz CT molecular complexity index is 239. The molecule has 1 rings (SSSR count). The third-order valence-corrected chi connectivity index (χ3v) is 1.41. The summed E-state index contributed by atoms with van der Waals surface area (Å²) in [5.74, 6) is 1.09. The summed E-state index contributed by atoms with van der Waals surface area (Å²) in [4.78, 5) is 7.98. The van der Waals surface area contributed by atoms with Crippen molar-refractivity contribution in [3.63, 3.8) is 0 Å². The first kappa shape index (κ1) is 7.94. The molecule has 1 atom stereocenters. The van der Waals surface area contributed by atoms with Crippen LogP contribution in [0.4, 0.5) is 5.82 Å². The summed E-state index contributed by atoms with van der Waals surface area (Å²) >= 11 is 0. The number of ether oxygens (including phenoxy) is 1. The Balaban J connectivity index is 2.86. The van der Waals surface area contributed by atoms with Crippen molar-refractivity contribution in [2.45, 2.75) is 13.0 Å². The molecule has 0 saturated heterocycles. The fourth-order valence-corrected chi connectivity index (χ4v) is 0.690. The number of hydrogen-bond acceptors (Lipinski definition) is 4. The van der Waals surface area contributed by atoms with Crippen LogP contribution < -0.4 is 5.73 Å². The number of nitrogens with two attached hydrogens (primary N) is 1. The lowest BCUT2D eigenvalue weighted by Crippen LogP contribution is -2.04. The van der Waals surface area contributed by atoms with Gasteiger partial charge in [-0.2, -0.15) is 0 Å². The Kier molecular flexibility index (Phi) is 2.38. The molecule has 0 amide bonds. The number of aromatic nitrogens is 2. The topological polar surface area (TPSA) is 61.0 Å². The average Bonchev–Trinajstić information content (AvgIpc) is 2.03. The van der Waals surface area contributed by atoms with Crippen molar-refractivity contribution in [3.8, 4) is 0 Å². The first-order valence-corrected chi connectivity index (χ1v) is 3.35. The van der Waals surface area contributed by atoms with Crippen LogP contribution >= 0.6 is 0 Å². The predicted molar refractivity (Wildman–Crippen MR) is 41.9 cm³/mol. The molecule has 2 N–H and O–H groups in total. The molecule has 1 aromatic rings. The molecule has 0 aliphatic carbocycles. The SMILES string of the molecule is CO[C@H](C)c1nccc(N)n1. The minimum absolute atomic E-state index is 0.0986. The summed E-state index contributed by atoms with van der Waals surface area (Å²) in [6.07, 6.45) is 1.52. The maximum atomic E-state index is 5.44. The molecule has 4 nitrogen and oxygen atoms in total. The van der Waals surface area contributed by atoms with E-state index in [1.165, 1.54) is 0 Å². The third-order valence-electron chi connectivity index (χ3n) is 1.41. The largest absolute Gasteiger partial charge is 0.384 e. The van der Waals surface area contributed by atoms with Gasteiger partial charge in [-0.1, -0.05) is 0 Å². The maximum Gasteiger partial charge on any atom is 0.159 e. The second-order valence-corrected chi connectivity index (χ2v) is 2.22. The lowest BCUT2D eigenvalue weighted by Gasteiger charge is -2.06. The van der Waals surface area contributed by atoms with Crippen LogP contribution in [0.5, 0.6) is 0 Å². The van der Waals surface area contributed by atoms with Gasteiger partial charge in [0.25, 0.3) is 0 Å². The molecule has 60 valence electrons. The zero-order chi connectivity index (χ0) is 8.27. The van der Waals surface area contributed by atoms with Crippen LogP contribution in [-0.4, -0.2) is 17.1 Å². The molecule has 0 fully saturated rings. The summed E-state index contributed by atoms with van der Waals surface area (Å²) in [6, 6.07) is 1.64. The van der Waals surface area contributed by atoms with Crippen LogP contribution in [0, 0.1) is 0 Å². The first-order valence-electron chi connectivity index (χ1n) is 3.35. The minimum Gasteiger partial charge on any atom is -0.384 e. The first-order chi connectivity index (χ1) is 5.24. The van der Waals surface area contributed by atoms with Crippen LogP contribution in [0.2, 0.25) is 0 Å². The summed E-state index contributed by atoms with van der Waals surface area (Å²) in [5.41, 5.74) is 5.44. The van der Waals surface area contributed by atoms with Crippen molar-refractivity contribution in [1.82, 2.24) is 9.97 Å². The van der Waals surface area contributed by atoms with Crippen molar-refractivity contribution in [2.75, 3.05) is 12.8 Å². The number of nitrogens with zero attached hydrogens (tertiary/aromatic N) is 2. The number of methoxy groups -OCH3 is 1. The van der Waals surface area contributed by atoms with Crippen LogP contribution in [0.25, 0.3) is 0 Å². The maximum absolute atomic E-state index is 5.44. The Labute approximate surface area is 65.4 Å². The number of nitrogen functional groups attached to an aromatic ring is 1. The van der Waals surface area contributed by atoms with Crippen LogP contribution in [-0.2, 0) is 4.74 Å². The van der Waals surface area contributed by atoms with E-state index in [4.69, 9.17) is 10.5 Å². The number of anilines is 1. The summed E-state index contributed by atoms with van der Waals surface area (Å²) < 4.78 is 5.01. The quantitative estimate of drug-likeness (QED) is 0.681. The van der Waals surface area contributed by atoms with Crippen LogP contribution in [0.3, 0.4) is 0 Å². The average molecular weight is 153 g/mol. The molecular weight excluding hydrogens is 142 g/mol. The Hall–Kier alpha value is -1.16. The van der Waals surface area contributed by atoms with Crippen molar-refractivity contribution in [2.24, 2.45) is 0 Å². The highest BCUT2D eigenvalue weighted by atomic mass is 16.5. The van der Waals surface area contributed by atoms with E-state index in [0.717, 1.165) is 0 Å². The van der Waals surface area contributed by atoms with E-state index in [0.29, 0.717) is 11.6 Å². The Morgan fingerprint density at radius 2 is 2.36 bits per heavy atom. The molecule has 0 unspecified atom stereocenters.